The molecule has 0 aliphatic carbocycles. The molecular formula is C17H18FN3. The van der Waals surface area contributed by atoms with Crippen LogP contribution in [0.15, 0.2) is 42.5 Å². The summed E-state index contributed by atoms with van der Waals surface area (Å²) in [6, 6.07) is 13.0. The molecule has 0 amide bonds. The van der Waals surface area contributed by atoms with Crippen LogP contribution in [0.25, 0.3) is 16.7 Å². The number of fused-ring (bicyclic) bond motifs is 1. The highest BCUT2D eigenvalue weighted by atomic mass is 19.1. The lowest BCUT2D eigenvalue weighted by atomic mass is 10.1. The van der Waals surface area contributed by atoms with E-state index in [2.05, 4.69) is 40.7 Å². The predicted molar refractivity (Wildman–Crippen MR) is 83.2 cm³/mol. The summed E-state index contributed by atoms with van der Waals surface area (Å²) in [5.41, 5.74) is 9.46. The standard InChI is InChI=1S/C17H18FN3/c1-2-17-20-15-11-13(18)5-8-16(15)21(17)14-6-3-12(4-7-14)9-10-19/h3-8,11H,2,9-10,19H2,1H3. The zero-order chi connectivity index (χ0) is 14.8. The minimum atomic E-state index is -0.256. The molecule has 3 nitrogen and oxygen atoms in total. The first-order chi connectivity index (χ1) is 10.2. The Bertz CT molecular complexity index is 760. The van der Waals surface area contributed by atoms with E-state index in [0.29, 0.717) is 12.1 Å². The fourth-order valence-corrected chi connectivity index (χ4v) is 2.61. The third-order valence-corrected chi connectivity index (χ3v) is 3.63. The summed E-state index contributed by atoms with van der Waals surface area (Å²) in [5, 5.41) is 0. The molecule has 21 heavy (non-hydrogen) atoms. The van der Waals surface area contributed by atoms with Gasteiger partial charge in [-0.25, -0.2) is 9.37 Å². The van der Waals surface area contributed by atoms with Crippen molar-refractivity contribution >= 4 is 11.0 Å². The van der Waals surface area contributed by atoms with Crippen LogP contribution in [0.1, 0.15) is 18.3 Å². The predicted octanol–water partition coefficient (Wildman–Crippen LogP) is 3.23. The van der Waals surface area contributed by atoms with Crippen LogP contribution in [0.5, 0.6) is 0 Å². The third-order valence-electron chi connectivity index (χ3n) is 3.63. The maximum atomic E-state index is 13.4. The molecule has 0 radical (unpaired) electrons. The van der Waals surface area contributed by atoms with E-state index in [4.69, 9.17) is 5.73 Å². The number of hydrogen-bond acceptors (Lipinski definition) is 2. The van der Waals surface area contributed by atoms with Crippen molar-refractivity contribution in [3.63, 3.8) is 0 Å². The van der Waals surface area contributed by atoms with Gasteiger partial charge in [-0.15, -0.1) is 0 Å². The second kappa shape index (κ2) is 5.66. The van der Waals surface area contributed by atoms with Crippen LogP contribution in [0.2, 0.25) is 0 Å². The first-order valence-electron chi connectivity index (χ1n) is 7.19. The Balaban J connectivity index is 2.13. The molecule has 2 N–H and O–H groups in total. The normalized spacial score (nSPS) is 11.2. The van der Waals surface area contributed by atoms with E-state index in [-0.39, 0.29) is 5.82 Å². The molecule has 1 aromatic heterocycles. The highest BCUT2D eigenvalue weighted by molar-refractivity contribution is 5.78. The van der Waals surface area contributed by atoms with Gasteiger partial charge < -0.3 is 5.73 Å². The summed E-state index contributed by atoms with van der Waals surface area (Å²) in [6.07, 6.45) is 1.66. The molecular weight excluding hydrogens is 265 g/mol. The van der Waals surface area contributed by atoms with Crippen molar-refractivity contribution in [2.24, 2.45) is 5.73 Å². The van der Waals surface area contributed by atoms with E-state index in [1.165, 1.54) is 17.7 Å². The Morgan fingerprint density at radius 1 is 1.14 bits per heavy atom. The number of halogens is 1. The quantitative estimate of drug-likeness (QED) is 0.799. The average Bonchev–Trinajstić information content (AvgIpc) is 2.86. The van der Waals surface area contributed by atoms with Gasteiger partial charge in [-0.2, -0.15) is 0 Å². The van der Waals surface area contributed by atoms with Gasteiger partial charge in [0.25, 0.3) is 0 Å². The van der Waals surface area contributed by atoms with Crippen LogP contribution in [0.3, 0.4) is 0 Å². The lowest BCUT2D eigenvalue weighted by molar-refractivity contribution is 0.629. The second-order valence-corrected chi connectivity index (χ2v) is 5.06. The molecule has 1 heterocycles. The largest absolute Gasteiger partial charge is 0.330 e. The maximum absolute atomic E-state index is 13.4. The molecule has 0 bridgehead atoms. The number of hydrogen-bond donors (Lipinski definition) is 1. The number of aromatic nitrogens is 2. The molecule has 2 aromatic carbocycles. The van der Waals surface area contributed by atoms with Gasteiger partial charge in [0.05, 0.1) is 11.0 Å². The molecule has 108 valence electrons. The minimum absolute atomic E-state index is 0.256. The summed E-state index contributed by atoms with van der Waals surface area (Å²) < 4.78 is 15.4. The smallest absolute Gasteiger partial charge is 0.125 e. The molecule has 0 spiro atoms. The van der Waals surface area contributed by atoms with E-state index in [9.17, 15) is 4.39 Å². The third kappa shape index (κ3) is 2.54. The number of aryl methyl sites for hydroxylation is 1. The molecule has 0 unspecified atom stereocenters. The Morgan fingerprint density at radius 2 is 1.90 bits per heavy atom. The van der Waals surface area contributed by atoms with E-state index >= 15 is 0 Å². The molecule has 0 atom stereocenters. The monoisotopic (exact) mass is 283 g/mol. The molecule has 3 aromatic rings. The van der Waals surface area contributed by atoms with E-state index < -0.39 is 0 Å². The second-order valence-electron chi connectivity index (χ2n) is 5.06. The molecule has 0 fully saturated rings. The van der Waals surface area contributed by atoms with Gasteiger partial charge in [-0.3, -0.25) is 4.57 Å². The number of nitrogens with zero attached hydrogens (tertiary/aromatic N) is 2. The average molecular weight is 283 g/mol. The fourth-order valence-electron chi connectivity index (χ4n) is 2.61. The van der Waals surface area contributed by atoms with E-state index in [0.717, 1.165) is 29.9 Å². The van der Waals surface area contributed by atoms with Crippen molar-refractivity contribution in [2.45, 2.75) is 19.8 Å². The molecule has 0 saturated heterocycles. The van der Waals surface area contributed by atoms with Gasteiger partial charge in [0.2, 0.25) is 0 Å². The van der Waals surface area contributed by atoms with Crippen LogP contribution >= 0.6 is 0 Å². The Labute approximate surface area is 123 Å². The topological polar surface area (TPSA) is 43.8 Å². The summed E-state index contributed by atoms with van der Waals surface area (Å²) >= 11 is 0. The SMILES string of the molecule is CCc1nc2cc(F)ccc2n1-c1ccc(CCN)cc1. The van der Waals surface area contributed by atoms with Crippen molar-refractivity contribution in [1.29, 1.82) is 0 Å². The van der Waals surface area contributed by atoms with Crippen LogP contribution < -0.4 is 5.73 Å². The van der Waals surface area contributed by atoms with Gasteiger partial charge in [0.1, 0.15) is 11.6 Å². The van der Waals surface area contributed by atoms with Crippen molar-refractivity contribution < 1.29 is 4.39 Å². The molecule has 0 aliphatic heterocycles. The number of benzene rings is 2. The van der Waals surface area contributed by atoms with Crippen LogP contribution in [-0.4, -0.2) is 16.1 Å². The van der Waals surface area contributed by atoms with E-state index in [1.807, 2.05) is 0 Å². The summed E-state index contributed by atoms with van der Waals surface area (Å²) in [7, 11) is 0. The molecule has 0 aliphatic rings. The van der Waals surface area contributed by atoms with Gasteiger partial charge >= 0.3 is 0 Å². The van der Waals surface area contributed by atoms with E-state index in [1.54, 1.807) is 6.07 Å². The van der Waals surface area contributed by atoms with Crippen LogP contribution in [0.4, 0.5) is 4.39 Å². The first kappa shape index (κ1) is 13.8. The lowest BCUT2D eigenvalue weighted by Gasteiger charge is -2.09. The van der Waals surface area contributed by atoms with Gasteiger partial charge in [0, 0.05) is 18.2 Å². The highest BCUT2D eigenvalue weighted by Gasteiger charge is 2.11. The highest BCUT2D eigenvalue weighted by Crippen LogP contribution is 2.23. The minimum Gasteiger partial charge on any atom is -0.330 e. The number of rotatable bonds is 4. The Hall–Kier alpha value is -2.20. The zero-order valence-corrected chi connectivity index (χ0v) is 12.0. The van der Waals surface area contributed by atoms with Crippen LogP contribution in [-0.2, 0) is 12.8 Å². The Morgan fingerprint density at radius 3 is 2.57 bits per heavy atom. The van der Waals surface area contributed by atoms with Gasteiger partial charge in [0.15, 0.2) is 0 Å². The first-order valence-corrected chi connectivity index (χ1v) is 7.19. The summed E-state index contributed by atoms with van der Waals surface area (Å²) in [5.74, 6) is 0.676. The summed E-state index contributed by atoms with van der Waals surface area (Å²) in [4.78, 5) is 4.53. The summed E-state index contributed by atoms with van der Waals surface area (Å²) in [6.45, 7) is 2.70. The fraction of sp³-hybridized carbons (Fsp3) is 0.235. The van der Waals surface area contributed by atoms with Gasteiger partial charge in [-0.05, 0) is 42.8 Å². The zero-order valence-electron chi connectivity index (χ0n) is 12.0. The molecule has 4 heteroatoms. The molecule has 3 rings (SSSR count). The number of imidazole rings is 1. The lowest BCUT2D eigenvalue weighted by Crippen LogP contribution is -2.03. The Kier molecular flexibility index (Phi) is 3.71. The van der Waals surface area contributed by atoms with Crippen LogP contribution in [0, 0.1) is 5.82 Å². The van der Waals surface area contributed by atoms with Crippen molar-refractivity contribution in [1.82, 2.24) is 9.55 Å². The van der Waals surface area contributed by atoms with Crippen molar-refractivity contribution in [3.05, 3.63) is 59.7 Å². The molecule has 0 saturated carbocycles. The number of nitrogens with two attached hydrogens (primary N) is 1. The van der Waals surface area contributed by atoms with Gasteiger partial charge in [-0.1, -0.05) is 19.1 Å². The van der Waals surface area contributed by atoms with Crippen molar-refractivity contribution in [3.8, 4) is 5.69 Å². The maximum Gasteiger partial charge on any atom is 0.125 e. The van der Waals surface area contributed by atoms with Crippen molar-refractivity contribution in [2.75, 3.05) is 6.54 Å².